The summed E-state index contributed by atoms with van der Waals surface area (Å²) >= 11 is 5.86. The maximum atomic E-state index is 12.1. The number of hydrogen-bond acceptors (Lipinski definition) is 3. The molecule has 6 nitrogen and oxygen atoms in total. The Morgan fingerprint density at radius 3 is 2.60 bits per heavy atom. The van der Waals surface area contributed by atoms with Crippen LogP contribution in [0.3, 0.4) is 0 Å². The molecule has 0 aromatic heterocycles. The molecule has 0 unspecified atom stereocenters. The fourth-order valence-corrected chi connectivity index (χ4v) is 1.73. The lowest BCUT2D eigenvalue weighted by atomic mass is 10.3. The number of anilines is 1. The second-order valence-corrected chi connectivity index (χ2v) is 4.93. The summed E-state index contributed by atoms with van der Waals surface area (Å²) in [6, 6.07) is 6.06. The van der Waals surface area contributed by atoms with Crippen LogP contribution in [0.5, 0.6) is 0 Å². The quantitative estimate of drug-likeness (QED) is 0.835. The van der Waals surface area contributed by atoms with Crippen LogP contribution in [0.4, 0.5) is 10.5 Å². The van der Waals surface area contributed by atoms with Crippen LogP contribution in [0.1, 0.15) is 0 Å². The highest BCUT2D eigenvalue weighted by Gasteiger charge is 2.18. The van der Waals surface area contributed by atoms with Crippen LogP contribution in [0, 0.1) is 0 Å². The Balaban J connectivity index is 2.78. The first kappa shape index (κ1) is 16.3. The Morgan fingerprint density at radius 2 is 2.05 bits per heavy atom. The summed E-state index contributed by atoms with van der Waals surface area (Å²) in [7, 11) is 3.77. The van der Waals surface area contributed by atoms with Crippen LogP contribution in [-0.2, 0) is 4.79 Å². The largest absolute Gasteiger partial charge is 0.480 e. The summed E-state index contributed by atoms with van der Waals surface area (Å²) in [6.07, 6.45) is 0. The summed E-state index contributed by atoms with van der Waals surface area (Å²) in [5, 5.41) is 12.0. The van der Waals surface area contributed by atoms with E-state index < -0.39 is 18.5 Å². The topological polar surface area (TPSA) is 72.9 Å². The van der Waals surface area contributed by atoms with E-state index in [0.29, 0.717) is 23.8 Å². The molecule has 7 heteroatoms. The van der Waals surface area contributed by atoms with Crippen molar-refractivity contribution in [2.45, 2.75) is 0 Å². The maximum Gasteiger partial charge on any atom is 0.323 e. The van der Waals surface area contributed by atoms with E-state index in [1.54, 1.807) is 24.3 Å². The molecule has 1 aromatic carbocycles. The van der Waals surface area contributed by atoms with E-state index in [1.165, 1.54) is 0 Å². The second-order valence-electron chi connectivity index (χ2n) is 4.49. The van der Waals surface area contributed by atoms with Gasteiger partial charge in [-0.25, -0.2) is 4.79 Å². The number of halogens is 1. The number of aliphatic carboxylic acids is 1. The number of hydrogen-bond donors (Lipinski definition) is 2. The predicted octanol–water partition coefficient (Wildman–Crippen LogP) is 1.50. The van der Waals surface area contributed by atoms with Crippen LogP contribution >= 0.6 is 11.6 Å². The highest BCUT2D eigenvalue weighted by molar-refractivity contribution is 6.30. The first-order chi connectivity index (χ1) is 9.40. The van der Waals surface area contributed by atoms with Gasteiger partial charge in [-0.2, -0.15) is 0 Å². The van der Waals surface area contributed by atoms with Gasteiger partial charge in [0.15, 0.2) is 0 Å². The molecule has 0 bridgehead atoms. The fourth-order valence-electron chi connectivity index (χ4n) is 1.54. The van der Waals surface area contributed by atoms with Crippen molar-refractivity contribution in [1.82, 2.24) is 10.2 Å². The van der Waals surface area contributed by atoms with Gasteiger partial charge in [0.1, 0.15) is 6.54 Å². The average molecular weight is 300 g/mol. The zero-order chi connectivity index (χ0) is 15.1. The van der Waals surface area contributed by atoms with E-state index in [1.807, 2.05) is 19.0 Å². The third-order valence-corrected chi connectivity index (χ3v) is 2.73. The van der Waals surface area contributed by atoms with Crippen LogP contribution in [0.15, 0.2) is 24.3 Å². The predicted molar refractivity (Wildman–Crippen MR) is 78.4 cm³/mol. The molecule has 0 aliphatic rings. The van der Waals surface area contributed by atoms with Crippen LogP contribution in [0.2, 0.25) is 5.02 Å². The maximum absolute atomic E-state index is 12.1. The molecule has 0 saturated heterocycles. The minimum Gasteiger partial charge on any atom is -0.480 e. The summed E-state index contributed by atoms with van der Waals surface area (Å²) < 4.78 is 0. The zero-order valence-corrected chi connectivity index (χ0v) is 12.2. The monoisotopic (exact) mass is 299 g/mol. The van der Waals surface area contributed by atoms with Gasteiger partial charge in [-0.15, -0.1) is 0 Å². The molecule has 0 fully saturated rings. The molecule has 0 aliphatic carbocycles. The number of amides is 2. The van der Waals surface area contributed by atoms with Gasteiger partial charge in [0.05, 0.1) is 0 Å². The number of carboxylic acid groups (broad SMARTS) is 1. The molecule has 0 heterocycles. The molecule has 1 aromatic rings. The first-order valence-corrected chi connectivity index (χ1v) is 6.45. The number of likely N-dealkylation sites (N-methyl/N-ethyl adjacent to an activating group) is 1. The van der Waals surface area contributed by atoms with Crippen molar-refractivity contribution in [3.8, 4) is 0 Å². The van der Waals surface area contributed by atoms with Gasteiger partial charge in [-0.05, 0) is 32.3 Å². The Bertz CT molecular complexity index is 480. The Kier molecular flexibility index (Phi) is 6.27. The molecule has 0 radical (unpaired) electrons. The van der Waals surface area contributed by atoms with E-state index in [4.69, 9.17) is 16.7 Å². The van der Waals surface area contributed by atoms with E-state index in [-0.39, 0.29) is 0 Å². The van der Waals surface area contributed by atoms with E-state index in [9.17, 15) is 9.59 Å². The standard InChI is InChI=1S/C13H18ClN3O3/c1-16(2)7-6-15-13(20)17(9-12(18)19)11-5-3-4-10(14)8-11/h3-5,8H,6-7,9H2,1-2H3,(H,15,20)(H,18,19). The van der Waals surface area contributed by atoms with Crippen molar-refractivity contribution in [2.24, 2.45) is 0 Å². The van der Waals surface area contributed by atoms with Gasteiger partial charge in [0.2, 0.25) is 0 Å². The minimum absolute atomic E-state index is 0.422. The first-order valence-electron chi connectivity index (χ1n) is 6.07. The minimum atomic E-state index is -1.09. The van der Waals surface area contributed by atoms with Crippen LogP contribution in [-0.4, -0.2) is 55.7 Å². The number of nitrogens with zero attached hydrogens (tertiary/aromatic N) is 2. The van der Waals surface area contributed by atoms with E-state index in [2.05, 4.69) is 5.32 Å². The average Bonchev–Trinajstić information content (AvgIpc) is 2.35. The van der Waals surface area contributed by atoms with Gasteiger partial charge >= 0.3 is 12.0 Å². The molecular weight excluding hydrogens is 282 g/mol. The summed E-state index contributed by atoms with van der Waals surface area (Å²) in [4.78, 5) is 26.0. The SMILES string of the molecule is CN(C)CCNC(=O)N(CC(=O)O)c1cccc(Cl)c1. The smallest absolute Gasteiger partial charge is 0.323 e. The molecule has 0 saturated carbocycles. The molecule has 20 heavy (non-hydrogen) atoms. The van der Waals surface area contributed by atoms with Crippen LogP contribution in [0.25, 0.3) is 0 Å². The third kappa shape index (κ3) is 5.46. The second kappa shape index (κ2) is 7.72. The van der Waals surface area contributed by atoms with Gasteiger partial charge < -0.3 is 15.3 Å². The number of carbonyl (C=O) groups is 2. The van der Waals surface area contributed by atoms with Crippen molar-refractivity contribution in [1.29, 1.82) is 0 Å². The third-order valence-electron chi connectivity index (χ3n) is 2.49. The normalized spacial score (nSPS) is 10.4. The van der Waals surface area contributed by atoms with Crippen molar-refractivity contribution in [3.63, 3.8) is 0 Å². The molecule has 0 spiro atoms. The lowest BCUT2D eigenvalue weighted by molar-refractivity contribution is -0.135. The molecular formula is C13H18ClN3O3. The van der Waals surface area contributed by atoms with Gasteiger partial charge in [-0.1, -0.05) is 17.7 Å². The van der Waals surface area contributed by atoms with E-state index in [0.717, 1.165) is 4.90 Å². The highest BCUT2D eigenvalue weighted by Crippen LogP contribution is 2.19. The van der Waals surface area contributed by atoms with Crippen LogP contribution < -0.4 is 10.2 Å². The highest BCUT2D eigenvalue weighted by atomic mass is 35.5. The van der Waals surface area contributed by atoms with Gasteiger partial charge in [-0.3, -0.25) is 9.69 Å². The summed E-state index contributed by atoms with van der Waals surface area (Å²) in [5.74, 6) is -1.09. The molecule has 1 rings (SSSR count). The Morgan fingerprint density at radius 1 is 1.35 bits per heavy atom. The molecule has 2 amide bonds. The van der Waals surface area contributed by atoms with Crippen molar-refractivity contribution < 1.29 is 14.7 Å². The van der Waals surface area contributed by atoms with Crippen molar-refractivity contribution in [3.05, 3.63) is 29.3 Å². The zero-order valence-electron chi connectivity index (χ0n) is 11.5. The Hall–Kier alpha value is -1.79. The number of nitrogens with one attached hydrogen (secondary N) is 1. The molecule has 0 atom stereocenters. The fraction of sp³-hybridized carbons (Fsp3) is 0.385. The number of rotatable bonds is 6. The Labute approximate surface area is 122 Å². The molecule has 110 valence electrons. The van der Waals surface area contributed by atoms with Gasteiger partial charge in [0, 0.05) is 23.8 Å². The summed E-state index contributed by atoms with van der Waals surface area (Å²) in [6.45, 7) is 0.679. The lowest BCUT2D eigenvalue weighted by Gasteiger charge is -2.22. The van der Waals surface area contributed by atoms with Gasteiger partial charge in [0.25, 0.3) is 0 Å². The lowest BCUT2D eigenvalue weighted by Crippen LogP contribution is -2.44. The molecule has 0 aliphatic heterocycles. The van der Waals surface area contributed by atoms with E-state index >= 15 is 0 Å². The number of carbonyl (C=O) groups excluding carboxylic acids is 1. The van der Waals surface area contributed by atoms with Crippen molar-refractivity contribution in [2.75, 3.05) is 38.6 Å². The molecule has 2 N–H and O–H groups in total. The summed E-state index contributed by atoms with van der Waals surface area (Å²) in [5.41, 5.74) is 0.447. The number of carboxylic acids is 1. The van der Waals surface area contributed by atoms with Crippen molar-refractivity contribution >= 4 is 29.3 Å². The number of urea groups is 1. The number of benzene rings is 1.